The van der Waals surface area contributed by atoms with Crippen LogP contribution in [0.25, 0.3) is 0 Å². The molecular formula is C18H16ClF2N3OSe. The standard InChI is InChI=1S/C18H16ClF2N3OSe/c19-16-4-2-1-3-13(16)8-26-10-18(25,9-24-12-22-11-23-24)15-6-5-14(20)7-17(15)21/h1-7,11-12,25H,8-10H2. The molecular weight excluding hydrogens is 427 g/mol. The van der Waals surface area contributed by atoms with Crippen LogP contribution in [0.1, 0.15) is 11.1 Å². The summed E-state index contributed by atoms with van der Waals surface area (Å²) < 4.78 is 29.0. The minimum absolute atomic E-state index is 0.0276. The third-order valence-corrected chi connectivity index (χ3v) is 6.76. The molecule has 0 fully saturated rings. The van der Waals surface area contributed by atoms with Crippen molar-refractivity contribution in [2.75, 3.05) is 0 Å². The van der Waals surface area contributed by atoms with Gasteiger partial charge in [0.2, 0.25) is 0 Å². The van der Waals surface area contributed by atoms with E-state index in [1.54, 1.807) is 0 Å². The number of benzene rings is 2. The van der Waals surface area contributed by atoms with Gasteiger partial charge in [-0.15, -0.1) is 0 Å². The average Bonchev–Trinajstić information content (AvgIpc) is 3.09. The number of nitrogens with zero attached hydrogens (tertiary/aromatic N) is 3. The predicted octanol–water partition coefficient (Wildman–Crippen LogP) is 3.42. The van der Waals surface area contributed by atoms with Crippen molar-refractivity contribution in [1.29, 1.82) is 0 Å². The molecule has 26 heavy (non-hydrogen) atoms. The van der Waals surface area contributed by atoms with Crippen LogP contribution in [0.3, 0.4) is 0 Å². The van der Waals surface area contributed by atoms with Crippen LogP contribution in [0.15, 0.2) is 55.1 Å². The molecule has 0 saturated heterocycles. The third kappa shape index (κ3) is 4.48. The summed E-state index contributed by atoms with van der Waals surface area (Å²) in [6.07, 6.45) is 2.80. The zero-order valence-corrected chi connectivity index (χ0v) is 16.1. The van der Waals surface area contributed by atoms with E-state index < -0.39 is 17.2 Å². The summed E-state index contributed by atoms with van der Waals surface area (Å²) in [6, 6.07) is 10.7. The normalized spacial score (nSPS) is 13.5. The van der Waals surface area contributed by atoms with Gasteiger partial charge in [-0.3, -0.25) is 0 Å². The van der Waals surface area contributed by atoms with E-state index in [4.69, 9.17) is 11.6 Å². The van der Waals surface area contributed by atoms with Crippen LogP contribution in [0, 0.1) is 11.6 Å². The molecule has 0 bridgehead atoms. The van der Waals surface area contributed by atoms with Crippen molar-refractivity contribution < 1.29 is 13.9 Å². The van der Waals surface area contributed by atoms with Crippen molar-refractivity contribution in [3.8, 4) is 0 Å². The van der Waals surface area contributed by atoms with Crippen molar-refractivity contribution in [2.24, 2.45) is 0 Å². The van der Waals surface area contributed by atoms with Crippen LogP contribution < -0.4 is 0 Å². The first-order valence-corrected chi connectivity index (χ1v) is 10.6. The Hall–Kier alpha value is -1.79. The van der Waals surface area contributed by atoms with E-state index >= 15 is 0 Å². The first kappa shape index (κ1) is 19.0. The molecule has 8 heteroatoms. The molecule has 0 radical (unpaired) electrons. The summed E-state index contributed by atoms with van der Waals surface area (Å²) in [5, 5.41) is 16.9. The number of hydrogen-bond acceptors (Lipinski definition) is 3. The van der Waals surface area contributed by atoms with E-state index in [1.165, 1.54) is 23.4 Å². The molecule has 1 heterocycles. The van der Waals surface area contributed by atoms with Crippen molar-refractivity contribution >= 4 is 26.6 Å². The summed E-state index contributed by atoms with van der Waals surface area (Å²) in [7, 11) is 0. The van der Waals surface area contributed by atoms with E-state index in [2.05, 4.69) is 10.1 Å². The fraction of sp³-hybridized carbons (Fsp3) is 0.222. The molecule has 1 N–H and O–H groups in total. The van der Waals surface area contributed by atoms with Gasteiger partial charge in [-0.05, 0) is 0 Å². The van der Waals surface area contributed by atoms with E-state index in [0.717, 1.165) is 17.7 Å². The summed E-state index contributed by atoms with van der Waals surface area (Å²) >= 11 is 6.10. The molecule has 3 aromatic rings. The Balaban J connectivity index is 1.82. The van der Waals surface area contributed by atoms with E-state index in [0.29, 0.717) is 15.7 Å². The predicted molar refractivity (Wildman–Crippen MR) is 96.0 cm³/mol. The topological polar surface area (TPSA) is 50.9 Å². The molecule has 3 rings (SSSR count). The van der Waals surface area contributed by atoms with Crippen LogP contribution in [0.5, 0.6) is 0 Å². The summed E-state index contributed by atoms with van der Waals surface area (Å²) in [5.74, 6) is -1.46. The van der Waals surface area contributed by atoms with Crippen molar-refractivity contribution in [1.82, 2.24) is 14.8 Å². The number of aromatic nitrogens is 3. The van der Waals surface area contributed by atoms with Crippen molar-refractivity contribution in [3.05, 3.63) is 82.9 Å². The van der Waals surface area contributed by atoms with Gasteiger partial charge >= 0.3 is 161 Å². The monoisotopic (exact) mass is 443 g/mol. The zero-order chi connectivity index (χ0) is 18.6. The van der Waals surface area contributed by atoms with Gasteiger partial charge < -0.3 is 0 Å². The maximum atomic E-state index is 14.3. The van der Waals surface area contributed by atoms with Crippen LogP contribution in [-0.2, 0) is 17.5 Å². The van der Waals surface area contributed by atoms with Gasteiger partial charge in [0.25, 0.3) is 0 Å². The maximum absolute atomic E-state index is 14.3. The summed E-state index contributed by atoms with van der Waals surface area (Å²) in [6.45, 7) is 0.0276. The molecule has 4 nitrogen and oxygen atoms in total. The zero-order valence-electron chi connectivity index (χ0n) is 13.6. The molecule has 1 unspecified atom stereocenters. The van der Waals surface area contributed by atoms with Crippen molar-refractivity contribution in [2.45, 2.75) is 22.8 Å². The Morgan fingerprint density at radius 1 is 1.19 bits per heavy atom. The van der Waals surface area contributed by atoms with Crippen molar-refractivity contribution in [3.63, 3.8) is 0 Å². The molecule has 0 aliphatic carbocycles. The molecule has 0 aliphatic heterocycles. The molecule has 0 amide bonds. The Kier molecular flexibility index (Phi) is 6.04. The SMILES string of the molecule is OC(C[Se]Cc1ccccc1Cl)(Cn1cncn1)c1ccc(F)cc1F. The summed E-state index contributed by atoms with van der Waals surface area (Å²) in [5.41, 5.74) is -0.487. The number of rotatable bonds is 7. The van der Waals surface area contributed by atoms with E-state index in [9.17, 15) is 13.9 Å². The van der Waals surface area contributed by atoms with Gasteiger partial charge in [-0.25, -0.2) is 0 Å². The van der Waals surface area contributed by atoms with E-state index in [-0.39, 0.29) is 27.1 Å². The molecule has 0 aliphatic rings. The van der Waals surface area contributed by atoms with Gasteiger partial charge in [0.15, 0.2) is 0 Å². The number of aliphatic hydroxyl groups is 1. The third-order valence-electron chi connectivity index (χ3n) is 3.88. The first-order valence-electron chi connectivity index (χ1n) is 7.79. The Bertz CT molecular complexity index is 879. The van der Waals surface area contributed by atoms with Crippen LogP contribution in [-0.4, -0.2) is 34.8 Å². The fourth-order valence-electron chi connectivity index (χ4n) is 2.60. The van der Waals surface area contributed by atoms with Crippen LogP contribution in [0.2, 0.25) is 10.3 Å². The molecule has 0 saturated carbocycles. The quantitative estimate of drug-likeness (QED) is 0.571. The van der Waals surface area contributed by atoms with Crippen LogP contribution >= 0.6 is 11.6 Å². The second kappa shape index (κ2) is 8.27. The second-order valence-electron chi connectivity index (χ2n) is 5.83. The Labute approximate surface area is 161 Å². The first-order chi connectivity index (χ1) is 12.5. The van der Waals surface area contributed by atoms with Gasteiger partial charge in [0.05, 0.1) is 0 Å². The van der Waals surface area contributed by atoms with Gasteiger partial charge in [0.1, 0.15) is 0 Å². The van der Waals surface area contributed by atoms with Gasteiger partial charge in [0, 0.05) is 0 Å². The molecule has 1 atom stereocenters. The number of halogens is 3. The van der Waals surface area contributed by atoms with Crippen LogP contribution in [0.4, 0.5) is 8.78 Å². The molecule has 2 aromatic carbocycles. The Morgan fingerprint density at radius 3 is 2.69 bits per heavy atom. The van der Waals surface area contributed by atoms with E-state index in [1.807, 2.05) is 24.3 Å². The summed E-state index contributed by atoms with van der Waals surface area (Å²) in [4.78, 5) is 3.85. The number of hydrogen-bond donors (Lipinski definition) is 1. The average molecular weight is 443 g/mol. The van der Waals surface area contributed by atoms with Gasteiger partial charge in [-0.1, -0.05) is 0 Å². The van der Waals surface area contributed by atoms with Gasteiger partial charge in [-0.2, -0.15) is 0 Å². The molecule has 136 valence electrons. The molecule has 1 aromatic heterocycles. The Morgan fingerprint density at radius 2 is 2.00 bits per heavy atom. The minimum atomic E-state index is -1.52. The second-order valence-corrected chi connectivity index (χ2v) is 8.31. The molecule has 0 spiro atoms. The fourth-order valence-corrected chi connectivity index (χ4v) is 5.42.